The highest BCUT2D eigenvalue weighted by molar-refractivity contribution is 6.01. The van der Waals surface area contributed by atoms with Crippen molar-refractivity contribution >= 4 is 22.6 Å². The SMILES string of the molecule is C#C/C(=C\c1ccc2c(c1)OCO2)c1c[nH]c2ccccc12. The first-order valence-electron chi connectivity index (χ1n) is 6.99. The van der Waals surface area contributed by atoms with Crippen LogP contribution in [0.4, 0.5) is 0 Å². The molecule has 3 aromatic rings. The Labute approximate surface area is 128 Å². The first-order chi connectivity index (χ1) is 10.8. The number of fused-ring (bicyclic) bond motifs is 2. The lowest BCUT2D eigenvalue weighted by Gasteiger charge is -2.01. The molecule has 0 bridgehead atoms. The van der Waals surface area contributed by atoms with Crippen molar-refractivity contribution in [3.05, 3.63) is 59.8 Å². The normalized spacial score (nSPS) is 13.3. The highest BCUT2D eigenvalue weighted by Gasteiger charge is 2.13. The number of benzene rings is 2. The predicted octanol–water partition coefficient (Wildman–Crippen LogP) is 4.07. The Kier molecular flexibility index (Phi) is 2.87. The zero-order valence-electron chi connectivity index (χ0n) is 11.8. The molecule has 0 amide bonds. The molecule has 106 valence electrons. The zero-order valence-corrected chi connectivity index (χ0v) is 11.8. The summed E-state index contributed by atoms with van der Waals surface area (Å²) in [7, 11) is 0. The van der Waals surface area contributed by atoms with E-state index < -0.39 is 0 Å². The van der Waals surface area contributed by atoms with E-state index in [4.69, 9.17) is 15.9 Å². The molecule has 3 nitrogen and oxygen atoms in total. The molecule has 0 saturated heterocycles. The van der Waals surface area contributed by atoms with Gasteiger partial charge in [0.1, 0.15) is 0 Å². The number of nitrogens with one attached hydrogen (secondary N) is 1. The number of allylic oxidation sites excluding steroid dienone is 1. The number of hydrogen-bond donors (Lipinski definition) is 1. The van der Waals surface area contributed by atoms with Crippen LogP contribution < -0.4 is 9.47 Å². The number of terminal acetylenes is 1. The van der Waals surface area contributed by atoms with E-state index >= 15 is 0 Å². The molecule has 0 aliphatic carbocycles. The Bertz CT molecular complexity index is 928. The second-order valence-corrected chi connectivity index (χ2v) is 5.06. The van der Waals surface area contributed by atoms with Gasteiger partial charge in [0.05, 0.1) is 0 Å². The van der Waals surface area contributed by atoms with E-state index in [1.807, 2.05) is 48.7 Å². The maximum absolute atomic E-state index is 5.73. The van der Waals surface area contributed by atoms with Crippen molar-refractivity contribution in [2.24, 2.45) is 0 Å². The largest absolute Gasteiger partial charge is 0.454 e. The minimum Gasteiger partial charge on any atom is -0.454 e. The van der Waals surface area contributed by atoms with Crippen LogP contribution in [0.2, 0.25) is 0 Å². The Morgan fingerprint density at radius 3 is 2.91 bits per heavy atom. The molecule has 3 heteroatoms. The lowest BCUT2D eigenvalue weighted by atomic mass is 10.0. The monoisotopic (exact) mass is 287 g/mol. The molecule has 2 heterocycles. The van der Waals surface area contributed by atoms with E-state index in [2.05, 4.69) is 17.0 Å². The molecule has 1 aliphatic rings. The molecule has 1 aromatic heterocycles. The Balaban J connectivity index is 1.80. The highest BCUT2D eigenvalue weighted by Crippen LogP contribution is 2.34. The van der Waals surface area contributed by atoms with Crippen molar-refractivity contribution in [2.75, 3.05) is 6.79 Å². The summed E-state index contributed by atoms with van der Waals surface area (Å²) < 4.78 is 10.7. The van der Waals surface area contributed by atoms with E-state index in [1.165, 1.54) is 0 Å². The molecule has 0 atom stereocenters. The molecule has 2 aromatic carbocycles. The minimum absolute atomic E-state index is 0.271. The third-order valence-electron chi connectivity index (χ3n) is 3.74. The molecule has 0 radical (unpaired) electrons. The summed E-state index contributed by atoms with van der Waals surface area (Å²) in [6, 6.07) is 13.9. The topological polar surface area (TPSA) is 34.2 Å². The van der Waals surface area contributed by atoms with Gasteiger partial charge >= 0.3 is 0 Å². The molecular weight excluding hydrogens is 274 g/mol. The predicted molar refractivity (Wildman–Crippen MR) is 87.6 cm³/mol. The molecule has 1 N–H and O–H groups in total. The maximum atomic E-state index is 5.73. The van der Waals surface area contributed by atoms with Crippen LogP contribution in [0.25, 0.3) is 22.6 Å². The number of aromatic nitrogens is 1. The lowest BCUT2D eigenvalue weighted by molar-refractivity contribution is 0.174. The van der Waals surface area contributed by atoms with Crippen molar-refractivity contribution in [3.8, 4) is 23.8 Å². The molecule has 0 unspecified atom stereocenters. The summed E-state index contributed by atoms with van der Waals surface area (Å²) in [4.78, 5) is 3.25. The van der Waals surface area contributed by atoms with Gasteiger partial charge in [-0.15, -0.1) is 6.42 Å². The fourth-order valence-electron chi connectivity index (χ4n) is 2.66. The first kappa shape index (κ1) is 12.6. The summed E-state index contributed by atoms with van der Waals surface area (Å²) >= 11 is 0. The number of rotatable bonds is 2. The van der Waals surface area contributed by atoms with E-state index in [1.54, 1.807) is 0 Å². The summed E-state index contributed by atoms with van der Waals surface area (Å²) in [5.74, 6) is 4.31. The van der Waals surface area contributed by atoms with Crippen molar-refractivity contribution in [2.45, 2.75) is 0 Å². The van der Waals surface area contributed by atoms with Crippen LogP contribution in [-0.4, -0.2) is 11.8 Å². The van der Waals surface area contributed by atoms with Crippen LogP contribution in [0.15, 0.2) is 48.7 Å². The molecule has 4 rings (SSSR count). The Morgan fingerprint density at radius 1 is 1.14 bits per heavy atom. The Hall–Kier alpha value is -3.12. The van der Waals surface area contributed by atoms with Crippen LogP contribution in [0.1, 0.15) is 11.1 Å². The molecule has 22 heavy (non-hydrogen) atoms. The average Bonchev–Trinajstić information content (AvgIpc) is 3.18. The fraction of sp³-hybridized carbons (Fsp3) is 0.0526. The maximum Gasteiger partial charge on any atom is 0.231 e. The molecule has 0 saturated carbocycles. The van der Waals surface area contributed by atoms with E-state index in [0.717, 1.165) is 39.1 Å². The van der Waals surface area contributed by atoms with Crippen molar-refractivity contribution < 1.29 is 9.47 Å². The van der Waals surface area contributed by atoms with Crippen molar-refractivity contribution in [1.29, 1.82) is 0 Å². The summed E-state index contributed by atoms with van der Waals surface area (Å²) in [6.07, 6.45) is 9.66. The van der Waals surface area contributed by atoms with Gasteiger partial charge in [0.2, 0.25) is 6.79 Å². The second kappa shape index (κ2) is 5.01. The van der Waals surface area contributed by atoms with Gasteiger partial charge in [-0.1, -0.05) is 30.2 Å². The van der Waals surface area contributed by atoms with Gasteiger partial charge in [0.25, 0.3) is 0 Å². The van der Waals surface area contributed by atoms with Gasteiger partial charge in [0, 0.05) is 28.2 Å². The van der Waals surface area contributed by atoms with E-state index in [-0.39, 0.29) is 6.79 Å². The van der Waals surface area contributed by atoms with Gasteiger partial charge in [-0.2, -0.15) is 0 Å². The number of H-pyrrole nitrogens is 1. The average molecular weight is 287 g/mol. The molecule has 1 aliphatic heterocycles. The summed E-state index contributed by atoms with van der Waals surface area (Å²) in [5.41, 5.74) is 3.92. The quantitative estimate of drug-likeness (QED) is 0.721. The van der Waals surface area contributed by atoms with Gasteiger partial charge in [-0.3, -0.25) is 0 Å². The summed E-state index contributed by atoms with van der Waals surface area (Å²) in [6.45, 7) is 0.271. The first-order valence-corrected chi connectivity index (χ1v) is 6.99. The third-order valence-corrected chi connectivity index (χ3v) is 3.74. The summed E-state index contributed by atoms with van der Waals surface area (Å²) in [5, 5.41) is 1.12. The van der Waals surface area contributed by atoms with Crippen LogP contribution in [0, 0.1) is 12.3 Å². The van der Waals surface area contributed by atoms with E-state index in [9.17, 15) is 0 Å². The number of hydrogen-bond acceptors (Lipinski definition) is 2. The van der Waals surface area contributed by atoms with Crippen LogP contribution in [0.3, 0.4) is 0 Å². The fourth-order valence-corrected chi connectivity index (χ4v) is 2.66. The van der Waals surface area contributed by atoms with Gasteiger partial charge in [0.15, 0.2) is 11.5 Å². The Morgan fingerprint density at radius 2 is 2.00 bits per heavy atom. The molecule has 0 fully saturated rings. The van der Waals surface area contributed by atoms with Gasteiger partial charge in [-0.25, -0.2) is 0 Å². The zero-order chi connectivity index (χ0) is 14.9. The van der Waals surface area contributed by atoms with Gasteiger partial charge < -0.3 is 14.5 Å². The molecular formula is C19H13NO2. The lowest BCUT2D eigenvalue weighted by Crippen LogP contribution is -1.92. The van der Waals surface area contributed by atoms with Crippen molar-refractivity contribution in [1.82, 2.24) is 4.98 Å². The van der Waals surface area contributed by atoms with E-state index in [0.29, 0.717) is 0 Å². The van der Waals surface area contributed by atoms with Gasteiger partial charge in [-0.05, 0) is 29.8 Å². The van der Waals surface area contributed by atoms with Crippen LogP contribution >= 0.6 is 0 Å². The second-order valence-electron chi connectivity index (χ2n) is 5.06. The number of para-hydroxylation sites is 1. The standard InChI is InChI=1S/C19H13NO2/c1-2-14(16-11-20-17-6-4-3-5-15(16)17)9-13-7-8-18-19(10-13)22-12-21-18/h1,3-11,20H,12H2/b14-9+. The van der Waals surface area contributed by atoms with Crippen LogP contribution in [-0.2, 0) is 0 Å². The van der Waals surface area contributed by atoms with Crippen molar-refractivity contribution in [3.63, 3.8) is 0 Å². The third kappa shape index (κ3) is 2.02. The van der Waals surface area contributed by atoms with Crippen LogP contribution in [0.5, 0.6) is 11.5 Å². The number of ether oxygens (including phenoxy) is 2. The molecule has 0 spiro atoms. The minimum atomic E-state index is 0.271. The number of aromatic amines is 1. The highest BCUT2D eigenvalue weighted by atomic mass is 16.7. The smallest absolute Gasteiger partial charge is 0.231 e.